The molecule has 0 saturated heterocycles. The number of hydrogen-bond donors (Lipinski definition) is 1. The summed E-state index contributed by atoms with van der Waals surface area (Å²) in [4.78, 5) is 44.0. The van der Waals surface area contributed by atoms with Crippen LogP contribution in [0.15, 0.2) is 65.0 Å². The van der Waals surface area contributed by atoms with Gasteiger partial charge >= 0.3 is 0 Å². The molecule has 8 nitrogen and oxygen atoms in total. The van der Waals surface area contributed by atoms with E-state index in [0.717, 1.165) is 10.2 Å². The number of benzene rings is 2. The van der Waals surface area contributed by atoms with E-state index in [0.29, 0.717) is 34.5 Å². The molecule has 1 atom stereocenters. The summed E-state index contributed by atoms with van der Waals surface area (Å²) in [7, 11) is 1.50. The molecule has 4 aromatic rings. The van der Waals surface area contributed by atoms with Gasteiger partial charge in [0, 0.05) is 42.3 Å². The zero-order valence-electron chi connectivity index (χ0n) is 22.8. The van der Waals surface area contributed by atoms with E-state index in [9.17, 15) is 14.4 Å². The number of Topliss-reactive ketones (excluding diaryl/α,β-unsaturated/α-hetero) is 1. The number of fused-ring (bicyclic) bond motifs is 1. The smallest absolute Gasteiger partial charge is 0.252 e. The van der Waals surface area contributed by atoms with E-state index in [-0.39, 0.29) is 24.7 Å². The monoisotopic (exact) mass is 547 g/mol. The minimum Gasteiger partial charge on any atom is -0.495 e. The molecule has 0 fully saturated rings. The quantitative estimate of drug-likeness (QED) is 0.241. The largest absolute Gasteiger partial charge is 0.495 e. The first-order valence-corrected chi connectivity index (χ1v) is 13.7. The van der Waals surface area contributed by atoms with Gasteiger partial charge in [0.15, 0.2) is 5.78 Å². The van der Waals surface area contributed by atoms with Crippen molar-refractivity contribution in [3.05, 3.63) is 76.2 Å². The molecule has 39 heavy (non-hydrogen) atoms. The van der Waals surface area contributed by atoms with Crippen molar-refractivity contribution in [1.82, 2.24) is 9.55 Å². The molecule has 204 valence electrons. The van der Waals surface area contributed by atoms with Crippen LogP contribution in [0, 0.1) is 0 Å². The number of pyridine rings is 1. The van der Waals surface area contributed by atoms with Crippen LogP contribution < -0.4 is 15.6 Å². The van der Waals surface area contributed by atoms with Gasteiger partial charge in [-0.2, -0.15) is 0 Å². The van der Waals surface area contributed by atoms with Crippen molar-refractivity contribution in [2.24, 2.45) is 0 Å². The van der Waals surface area contributed by atoms with Gasteiger partial charge in [-0.1, -0.05) is 31.2 Å². The van der Waals surface area contributed by atoms with E-state index in [1.165, 1.54) is 35.3 Å². The number of carbonyl (C=O) groups is 2. The number of hydrogen-bond acceptors (Lipinski definition) is 7. The van der Waals surface area contributed by atoms with E-state index in [2.05, 4.69) is 10.3 Å². The summed E-state index contributed by atoms with van der Waals surface area (Å²) < 4.78 is 14.0. The van der Waals surface area contributed by atoms with Crippen LogP contribution in [0.4, 0.5) is 5.69 Å². The molecule has 0 radical (unpaired) electrons. The van der Waals surface area contributed by atoms with Gasteiger partial charge in [-0.15, -0.1) is 11.3 Å². The molecule has 2 aromatic carbocycles. The number of ketones is 1. The molecule has 0 aliphatic heterocycles. The minimum atomic E-state index is -0.874. The molecular weight excluding hydrogens is 514 g/mol. The van der Waals surface area contributed by atoms with Crippen molar-refractivity contribution >= 4 is 38.9 Å². The minimum absolute atomic E-state index is 0.0366. The Morgan fingerprint density at radius 2 is 1.87 bits per heavy atom. The number of carbonyl (C=O) groups excluding carboxylic acids is 2. The summed E-state index contributed by atoms with van der Waals surface area (Å²) in [5, 5.41) is 2.94. The molecule has 2 heterocycles. The van der Waals surface area contributed by atoms with Gasteiger partial charge in [0.25, 0.3) is 5.56 Å². The van der Waals surface area contributed by atoms with Crippen molar-refractivity contribution in [2.45, 2.75) is 52.2 Å². The number of ether oxygens (including phenoxy) is 2. The lowest BCUT2D eigenvalue weighted by Crippen LogP contribution is -2.34. The molecule has 1 N–H and O–H groups in total. The SMILES string of the molecule is CCC(=O)c1ccccc1-c1cc(=O)n(C(CCOC(C)(C)C)C(=O)Nc2ccc3scnc3c2)cc1OC. The van der Waals surface area contributed by atoms with Crippen LogP contribution in [0.5, 0.6) is 5.75 Å². The highest BCUT2D eigenvalue weighted by molar-refractivity contribution is 7.16. The molecular formula is C30H33N3O5S. The second kappa shape index (κ2) is 11.9. The zero-order chi connectivity index (χ0) is 28.2. The first-order chi connectivity index (χ1) is 18.6. The zero-order valence-corrected chi connectivity index (χ0v) is 23.6. The highest BCUT2D eigenvalue weighted by Gasteiger charge is 2.25. The van der Waals surface area contributed by atoms with Crippen LogP contribution in [0.3, 0.4) is 0 Å². The van der Waals surface area contributed by atoms with Gasteiger partial charge < -0.3 is 14.8 Å². The Kier molecular flexibility index (Phi) is 8.62. The molecule has 0 bridgehead atoms. The number of thiazole rings is 1. The summed E-state index contributed by atoms with van der Waals surface area (Å²) in [5.41, 5.74) is 3.95. The standard InChI is InChI=1S/C30H33N3O5S/c1-6-25(34)21-10-8-7-9-20(21)22-16-28(35)33(17-26(22)37-5)24(13-14-38-30(2,3)4)29(36)32-19-11-12-27-23(15-19)31-18-39-27/h7-12,15-18,24H,6,13-14H2,1-5H3,(H,32,36). The van der Waals surface area contributed by atoms with Crippen molar-refractivity contribution in [2.75, 3.05) is 19.0 Å². The maximum Gasteiger partial charge on any atom is 0.252 e. The topological polar surface area (TPSA) is 99.5 Å². The number of amides is 1. The number of nitrogens with one attached hydrogen (secondary N) is 1. The van der Waals surface area contributed by atoms with Crippen LogP contribution in [-0.4, -0.2) is 40.6 Å². The Morgan fingerprint density at radius 3 is 2.59 bits per heavy atom. The Hall–Kier alpha value is -3.82. The first kappa shape index (κ1) is 28.2. The molecule has 4 rings (SSSR count). The number of rotatable bonds is 10. The normalized spacial score (nSPS) is 12.3. The van der Waals surface area contributed by atoms with Crippen LogP contribution in [0.25, 0.3) is 21.3 Å². The van der Waals surface area contributed by atoms with Crippen LogP contribution >= 0.6 is 11.3 Å². The predicted molar refractivity (Wildman–Crippen MR) is 155 cm³/mol. The molecule has 0 saturated carbocycles. The third kappa shape index (κ3) is 6.61. The summed E-state index contributed by atoms with van der Waals surface area (Å²) in [6.45, 7) is 7.86. The number of anilines is 1. The predicted octanol–water partition coefficient (Wildman–Crippen LogP) is 6.11. The average Bonchev–Trinajstić information content (AvgIpc) is 3.38. The van der Waals surface area contributed by atoms with Crippen molar-refractivity contribution in [3.8, 4) is 16.9 Å². The molecule has 0 aliphatic carbocycles. The van der Waals surface area contributed by atoms with E-state index in [1.54, 1.807) is 36.7 Å². The van der Waals surface area contributed by atoms with Gasteiger partial charge in [-0.05, 0) is 44.5 Å². The summed E-state index contributed by atoms with van der Waals surface area (Å²) in [6.07, 6.45) is 2.13. The lowest BCUT2D eigenvalue weighted by atomic mass is 9.96. The Bertz CT molecular complexity index is 1550. The molecule has 9 heteroatoms. The summed E-state index contributed by atoms with van der Waals surface area (Å²) >= 11 is 1.52. The Labute approximate surface area is 231 Å². The second-order valence-electron chi connectivity index (χ2n) is 10.1. The molecule has 2 aromatic heterocycles. The van der Waals surface area contributed by atoms with Gasteiger partial charge in [0.2, 0.25) is 5.91 Å². The number of methoxy groups -OCH3 is 1. The maximum absolute atomic E-state index is 13.6. The van der Waals surface area contributed by atoms with Crippen molar-refractivity contribution in [3.63, 3.8) is 0 Å². The van der Waals surface area contributed by atoms with Crippen molar-refractivity contribution in [1.29, 1.82) is 0 Å². The van der Waals surface area contributed by atoms with Gasteiger partial charge in [-0.25, -0.2) is 4.98 Å². The van der Waals surface area contributed by atoms with Gasteiger partial charge in [0.05, 0.1) is 34.6 Å². The van der Waals surface area contributed by atoms with Gasteiger partial charge in [-0.3, -0.25) is 19.0 Å². The molecule has 1 unspecified atom stereocenters. The Balaban J connectivity index is 1.73. The molecule has 1 amide bonds. The number of aromatic nitrogens is 2. The molecule has 0 aliphatic rings. The highest BCUT2D eigenvalue weighted by Crippen LogP contribution is 2.33. The fourth-order valence-corrected chi connectivity index (χ4v) is 4.99. The van der Waals surface area contributed by atoms with Crippen LogP contribution in [-0.2, 0) is 9.53 Å². The third-order valence-electron chi connectivity index (χ3n) is 6.27. The number of nitrogens with zero attached hydrogens (tertiary/aromatic N) is 2. The van der Waals surface area contributed by atoms with E-state index < -0.39 is 17.2 Å². The van der Waals surface area contributed by atoms with E-state index in [4.69, 9.17) is 9.47 Å². The highest BCUT2D eigenvalue weighted by atomic mass is 32.1. The Morgan fingerprint density at radius 1 is 1.10 bits per heavy atom. The summed E-state index contributed by atoms with van der Waals surface area (Å²) in [5.74, 6) is -0.0181. The fourth-order valence-electron chi connectivity index (χ4n) is 4.33. The van der Waals surface area contributed by atoms with E-state index >= 15 is 0 Å². The lowest BCUT2D eigenvalue weighted by Gasteiger charge is -2.24. The van der Waals surface area contributed by atoms with Crippen molar-refractivity contribution < 1.29 is 19.1 Å². The third-order valence-corrected chi connectivity index (χ3v) is 7.08. The second-order valence-corrected chi connectivity index (χ2v) is 11.0. The fraction of sp³-hybridized carbons (Fsp3) is 0.333. The molecule has 0 spiro atoms. The lowest BCUT2D eigenvalue weighted by molar-refractivity contribution is -0.120. The summed E-state index contributed by atoms with van der Waals surface area (Å²) in [6, 6.07) is 13.2. The van der Waals surface area contributed by atoms with E-state index in [1.807, 2.05) is 39.0 Å². The van der Waals surface area contributed by atoms with Crippen LogP contribution in [0.1, 0.15) is 56.9 Å². The average molecular weight is 548 g/mol. The van der Waals surface area contributed by atoms with Gasteiger partial charge in [0.1, 0.15) is 11.8 Å². The van der Waals surface area contributed by atoms with Crippen LogP contribution in [0.2, 0.25) is 0 Å². The maximum atomic E-state index is 13.6. The first-order valence-electron chi connectivity index (χ1n) is 12.8.